The maximum absolute atomic E-state index is 2.46. The zero-order chi connectivity index (χ0) is 49.4. The highest BCUT2D eigenvalue weighted by Crippen LogP contribution is 2.42. The minimum atomic E-state index is 1.16. The minimum Gasteiger partial charge on any atom is -0.309 e. The number of benzene rings is 12. The summed E-state index contributed by atoms with van der Waals surface area (Å²) in [7, 11) is 0. The van der Waals surface area contributed by atoms with Crippen molar-refractivity contribution in [2.24, 2.45) is 0 Å². The van der Waals surface area contributed by atoms with E-state index >= 15 is 0 Å². The Kier molecular flexibility index (Phi) is 9.89. The Bertz CT molecular complexity index is 4400. The van der Waals surface area contributed by atoms with E-state index in [1.165, 1.54) is 132 Å². The molecule has 0 unspecified atom stereocenters. The highest BCUT2D eigenvalue weighted by Gasteiger charge is 2.19. The molecule has 12 aromatic carbocycles. The average Bonchev–Trinajstić information content (AvgIpc) is 4.16. The fourth-order valence-corrected chi connectivity index (χ4v) is 11.9. The van der Waals surface area contributed by atoms with Crippen LogP contribution in [0.2, 0.25) is 0 Å². The summed E-state index contributed by atoms with van der Waals surface area (Å²) in [5.41, 5.74) is 22.6. The standard InChI is InChI=1S/C72H47N3/c1-4-16-52(17-5-1)59-22-10-13-25-66(59)75-71-42-38-55(50-32-28-48(29-33-50)53-36-40-69-62(44-53)60-23-11-14-26-67(60)73(69)57-18-6-2-7-19-57)46-64(71)65-47-56(39-43-72(65)75)51-34-30-49(31-35-51)54-37-41-70-63(45-54)61-24-12-15-27-68(61)74(70)58-20-8-3-9-21-58/h1-47H. The maximum atomic E-state index is 2.46. The van der Waals surface area contributed by atoms with Crippen molar-refractivity contribution in [1.29, 1.82) is 0 Å². The molecule has 0 fully saturated rings. The molecule has 0 spiro atoms. The van der Waals surface area contributed by atoms with E-state index in [-0.39, 0.29) is 0 Å². The van der Waals surface area contributed by atoms with E-state index in [0.717, 1.165) is 5.69 Å². The first kappa shape index (κ1) is 42.7. The van der Waals surface area contributed by atoms with Gasteiger partial charge in [0, 0.05) is 49.3 Å². The molecular formula is C72H47N3. The molecule has 0 saturated carbocycles. The van der Waals surface area contributed by atoms with Crippen LogP contribution in [0.1, 0.15) is 0 Å². The first-order valence-electron chi connectivity index (χ1n) is 25.8. The van der Waals surface area contributed by atoms with Gasteiger partial charge < -0.3 is 13.7 Å². The number of para-hydroxylation sites is 5. The van der Waals surface area contributed by atoms with Crippen molar-refractivity contribution in [2.75, 3.05) is 0 Å². The summed E-state index contributed by atoms with van der Waals surface area (Å²) in [4.78, 5) is 0. The third-order valence-corrected chi connectivity index (χ3v) is 15.5. The summed E-state index contributed by atoms with van der Waals surface area (Å²) in [5.74, 6) is 0. The summed E-state index contributed by atoms with van der Waals surface area (Å²) in [5, 5.41) is 7.46. The van der Waals surface area contributed by atoms with Crippen LogP contribution in [0.25, 0.3) is 138 Å². The van der Waals surface area contributed by atoms with Gasteiger partial charge in [0.1, 0.15) is 0 Å². The van der Waals surface area contributed by atoms with Crippen LogP contribution in [0.3, 0.4) is 0 Å². The molecule has 0 aliphatic rings. The minimum absolute atomic E-state index is 1.16. The topological polar surface area (TPSA) is 14.8 Å². The molecule has 0 saturated heterocycles. The lowest BCUT2D eigenvalue weighted by atomic mass is 9.97. The van der Waals surface area contributed by atoms with Gasteiger partial charge in [0.25, 0.3) is 0 Å². The van der Waals surface area contributed by atoms with Gasteiger partial charge in [0.05, 0.1) is 38.8 Å². The molecule has 3 nitrogen and oxygen atoms in total. The molecule has 3 aromatic heterocycles. The fourth-order valence-electron chi connectivity index (χ4n) is 11.9. The summed E-state index contributed by atoms with van der Waals surface area (Å²) < 4.78 is 7.21. The predicted molar refractivity (Wildman–Crippen MR) is 317 cm³/mol. The molecule has 75 heavy (non-hydrogen) atoms. The van der Waals surface area contributed by atoms with Crippen molar-refractivity contribution in [2.45, 2.75) is 0 Å². The van der Waals surface area contributed by atoms with Crippen LogP contribution in [0, 0.1) is 0 Å². The highest BCUT2D eigenvalue weighted by molar-refractivity contribution is 6.14. The Hall–Kier alpha value is -9.96. The summed E-state index contributed by atoms with van der Waals surface area (Å²) in [6, 6.07) is 104. The Morgan fingerprint density at radius 3 is 0.880 bits per heavy atom. The van der Waals surface area contributed by atoms with E-state index in [1.54, 1.807) is 0 Å². The summed E-state index contributed by atoms with van der Waals surface area (Å²) in [6.07, 6.45) is 0. The van der Waals surface area contributed by atoms with Gasteiger partial charge in [-0.05, 0) is 141 Å². The summed E-state index contributed by atoms with van der Waals surface area (Å²) >= 11 is 0. The smallest absolute Gasteiger partial charge is 0.0541 e. The Labute approximate surface area is 434 Å². The number of fused-ring (bicyclic) bond motifs is 9. The third-order valence-electron chi connectivity index (χ3n) is 15.5. The van der Waals surface area contributed by atoms with Crippen molar-refractivity contribution < 1.29 is 0 Å². The summed E-state index contributed by atoms with van der Waals surface area (Å²) in [6.45, 7) is 0. The largest absolute Gasteiger partial charge is 0.309 e. The van der Waals surface area contributed by atoms with E-state index in [2.05, 4.69) is 299 Å². The van der Waals surface area contributed by atoms with Crippen LogP contribution >= 0.6 is 0 Å². The molecule has 0 aliphatic carbocycles. The van der Waals surface area contributed by atoms with Crippen molar-refractivity contribution >= 4 is 65.4 Å². The molecule has 0 N–H and O–H groups in total. The van der Waals surface area contributed by atoms with Crippen LogP contribution in [0.15, 0.2) is 285 Å². The van der Waals surface area contributed by atoms with Crippen LogP contribution < -0.4 is 0 Å². The van der Waals surface area contributed by atoms with Crippen LogP contribution in [0.4, 0.5) is 0 Å². The van der Waals surface area contributed by atoms with E-state index in [9.17, 15) is 0 Å². The van der Waals surface area contributed by atoms with E-state index in [1.807, 2.05) is 0 Å². The molecule has 350 valence electrons. The molecule has 3 heteroatoms. The predicted octanol–water partition coefficient (Wildman–Crippen LogP) is 19.3. The lowest BCUT2D eigenvalue weighted by Crippen LogP contribution is -1.97. The molecule has 0 bridgehead atoms. The van der Waals surface area contributed by atoms with Gasteiger partial charge in [-0.1, -0.05) is 194 Å². The number of rotatable bonds is 8. The number of nitrogens with zero attached hydrogens (tertiary/aromatic N) is 3. The first-order chi connectivity index (χ1) is 37.2. The van der Waals surface area contributed by atoms with E-state index in [4.69, 9.17) is 0 Å². The Morgan fingerprint density at radius 2 is 0.467 bits per heavy atom. The monoisotopic (exact) mass is 953 g/mol. The van der Waals surface area contributed by atoms with Crippen molar-refractivity contribution in [1.82, 2.24) is 13.7 Å². The Balaban J connectivity index is 0.818. The lowest BCUT2D eigenvalue weighted by Gasteiger charge is -2.14. The number of aromatic nitrogens is 3. The molecular weight excluding hydrogens is 907 g/mol. The molecule has 15 aromatic rings. The quantitative estimate of drug-likeness (QED) is 0.144. The van der Waals surface area contributed by atoms with E-state index < -0.39 is 0 Å². The fraction of sp³-hybridized carbons (Fsp3) is 0. The second kappa shape index (κ2) is 17.4. The number of hydrogen-bond donors (Lipinski definition) is 0. The Morgan fingerprint density at radius 1 is 0.173 bits per heavy atom. The van der Waals surface area contributed by atoms with Gasteiger partial charge in [0.15, 0.2) is 0 Å². The first-order valence-corrected chi connectivity index (χ1v) is 25.8. The van der Waals surface area contributed by atoms with Crippen LogP contribution in [-0.4, -0.2) is 13.7 Å². The molecule has 15 rings (SSSR count). The van der Waals surface area contributed by atoms with Gasteiger partial charge in [0.2, 0.25) is 0 Å². The average molecular weight is 954 g/mol. The number of hydrogen-bond acceptors (Lipinski definition) is 0. The molecule has 0 atom stereocenters. The normalized spacial score (nSPS) is 11.7. The SMILES string of the molecule is c1ccc(-c2ccccc2-n2c3ccc(-c4ccc(-c5ccc6c(c5)c5ccccc5n6-c5ccccc5)cc4)cc3c3cc(-c4ccc(-c5ccc6c(c5)c5ccccc5n6-c5ccccc5)cc4)ccc32)cc1. The van der Waals surface area contributed by atoms with Gasteiger partial charge in [-0.25, -0.2) is 0 Å². The lowest BCUT2D eigenvalue weighted by molar-refractivity contribution is 1.18. The zero-order valence-corrected chi connectivity index (χ0v) is 41.0. The van der Waals surface area contributed by atoms with Gasteiger partial charge in [-0.15, -0.1) is 0 Å². The van der Waals surface area contributed by atoms with Crippen LogP contribution in [-0.2, 0) is 0 Å². The van der Waals surface area contributed by atoms with Gasteiger partial charge in [-0.2, -0.15) is 0 Å². The highest BCUT2D eigenvalue weighted by atomic mass is 15.0. The third kappa shape index (κ3) is 7.05. The molecule has 0 aliphatic heterocycles. The second-order valence-electron chi connectivity index (χ2n) is 19.7. The molecule has 0 radical (unpaired) electrons. The van der Waals surface area contributed by atoms with Gasteiger partial charge >= 0.3 is 0 Å². The van der Waals surface area contributed by atoms with Crippen molar-refractivity contribution in [3.63, 3.8) is 0 Å². The molecule has 3 heterocycles. The zero-order valence-electron chi connectivity index (χ0n) is 41.0. The maximum Gasteiger partial charge on any atom is 0.0541 e. The van der Waals surface area contributed by atoms with Crippen LogP contribution in [0.5, 0.6) is 0 Å². The van der Waals surface area contributed by atoms with Crippen molar-refractivity contribution in [3.05, 3.63) is 285 Å². The second-order valence-corrected chi connectivity index (χ2v) is 19.7. The van der Waals surface area contributed by atoms with Gasteiger partial charge in [-0.3, -0.25) is 0 Å². The molecule has 0 amide bonds. The van der Waals surface area contributed by atoms with E-state index in [0.29, 0.717) is 0 Å². The van der Waals surface area contributed by atoms with Crippen molar-refractivity contribution in [3.8, 4) is 72.7 Å².